The van der Waals surface area contributed by atoms with E-state index in [2.05, 4.69) is 28.4 Å². The Balaban J connectivity index is 1.91. The number of aliphatic carboxylic acids is 1. The predicted molar refractivity (Wildman–Crippen MR) is 91.8 cm³/mol. The molecule has 0 amide bonds. The Morgan fingerprint density at radius 3 is 2.62 bits per heavy atom. The van der Waals surface area contributed by atoms with Gasteiger partial charge in [0.25, 0.3) is 0 Å². The number of H-pyrrole nitrogens is 1. The van der Waals surface area contributed by atoms with Gasteiger partial charge in [-0.2, -0.15) is 5.10 Å². The molecule has 1 aromatic heterocycles. The molecule has 0 saturated heterocycles. The minimum atomic E-state index is -1.25. The number of hydrogen-bond donors (Lipinski definition) is 2. The first kappa shape index (κ1) is 16.2. The smallest absolute Gasteiger partial charge is 0.335 e. The number of carboxylic acids is 1. The Labute approximate surface area is 140 Å². The van der Waals surface area contributed by atoms with Gasteiger partial charge in [0.2, 0.25) is 0 Å². The van der Waals surface area contributed by atoms with E-state index < -0.39 is 11.6 Å². The minimum Gasteiger partial charge on any atom is -0.479 e. The summed E-state index contributed by atoms with van der Waals surface area (Å²) in [6.07, 6.45) is 0.785. The van der Waals surface area contributed by atoms with Gasteiger partial charge in [0.15, 0.2) is 5.60 Å². The zero-order chi connectivity index (χ0) is 17.2. The molecule has 0 fully saturated rings. The van der Waals surface area contributed by atoms with Gasteiger partial charge in [-0.25, -0.2) is 4.79 Å². The van der Waals surface area contributed by atoms with Crippen LogP contribution in [0, 0.1) is 0 Å². The quantitative estimate of drug-likeness (QED) is 0.727. The summed E-state index contributed by atoms with van der Waals surface area (Å²) in [6.45, 7) is 3.22. The van der Waals surface area contributed by atoms with Crippen LogP contribution >= 0.6 is 0 Å². The number of aromatic amines is 1. The van der Waals surface area contributed by atoms with Gasteiger partial charge in [0, 0.05) is 5.39 Å². The topological polar surface area (TPSA) is 75.2 Å². The van der Waals surface area contributed by atoms with E-state index in [4.69, 9.17) is 4.74 Å². The van der Waals surface area contributed by atoms with Gasteiger partial charge in [0.1, 0.15) is 0 Å². The maximum absolute atomic E-state index is 11.2. The highest BCUT2D eigenvalue weighted by molar-refractivity contribution is 5.85. The number of benzene rings is 2. The van der Waals surface area contributed by atoms with Crippen LogP contribution in [0.1, 0.15) is 30.7 Å². The van der Waals surface area contributed by atoms with Crippen molar-refractivity contribution in [1.29, 1.82) is 0 Å². The fourth-order valence-corrected chi connectivity index (χ4v) is 2.60. The third kappa shape index (κ3) is 3.31. The van der Waals surface area contributed by atoms with Crippen LogP contribution in [0.5, 0.6) is 0 Å². The zero-order valence-electron chi connectivity index (χ0n) is 13.7. The number of nitrogens with zero attached hydrogens (tertiary/aromatic N) is 1. The Morgan fingerprint density at radius 1 is 1.17 bits per heavy atom. The van der Waals surface area contributed by atoms with Crippen LogP contribution < -0.4 is 0 Å². The summed E-state index contributed by atoms with van der Waals surface area (Å²) in [6, 6.07) is 16.2. The summed E-state index contributed by atoms with van der Waals surface area (Å²) in [7, 11) is 0. The molecular weight excluding hydrogens is 304 g/mol. The van der Waals surface area contributed by atoms with Crippen LogP contribution in [0.4, 0.5) is 0 Å². The summed E-state index contributed by atoms with van der Waals surface area (Å²) >= 11 is 0. The molecule has 124 valence electrons. The second-order valence-electron chi connectivity index (χ2n) is 6.28. The number of nitrogens with one attached hydrogen (secondary N) is 1. The largest absolute Gasteiger partial charge is 0.479 e. The van der Waals surface area contributed by atoms with E-state index in [-0.39, 0.29) is 6.61 Å². The molecule has 0 saturated carbocycles. The summed E-state index contributed by atoms with van der Waals surface area (Å²) in [4.78, 5) is 11.2. The van der Waals surface area contributed by atoms with Crippen molar-refractivity contribution in [1.82, 2.24) is 10.2 Å². The molecule has 1 heterocycles. The van der Waals surface area contributed by atoms with Crippen LogP contribution in [-0.4, -0.2) is 26.9 Å². The minimum absolute atomic E-state index is 0.144. The van der Waals surface area contributed by atoms with Gasteiger partial charge in [-0.05, 0) is 37.5 Å². The molecule has 0 aliphatic rings. The molecular formula is C19H20N2O3. The second-order valence-corrected chi connectivity index (χ2v) is 6.28. The van der Waals surface area contributed by atoms with Gasteiger partial charge in [0.05, 0.1) is 17.8 Å². The third-order valence-corrected chi connectivity index (χ3v) is 4.07. The van der Waals surface area contributed by atoms with Crippen LogP contribution in [0.3, 0.4) is 0 Å². The average Bonchev–Trinajstić information content (AvgIpc) is 2.98. The molecule has 5 heteroatoms. The molecule has 0 bridgehead atoms. The Bertz CT molecular complexity index is 853. The lowest BCUT2D eigenvalue weighted by molar-refractivity contribution is -0.162. The molecule has 0 radical (unpaired) electrons. The molecule has 24 heavy (non-hydrogen) atoms. The van der Waals surface area contributed by atoms with Crippen molar-refractivity contribution in [2.24, 2.45) is 0 Å². The van der Waals surface area contributed by atoms with Crippen molar-refractivity contribution >= 4 is 16.9 Å². The van der Waals surface area contributed by atoms with Gasteiger partial charge < -0.3 is 9.84 Å². The monoisotopic (exact) mass is 324 g/mol. The van der Waals surface area contributed by atoms with Crippen LogP contribution in [-0.2, 0) is 22.6 Å². The van der Waals surface area contributed by atoms with Crippen molar-refractivity contribution < 1.29 is 14.6 Å². The lowest BCUT2D eigenvalue weighted by Gasteiger charge is -2.19. The second kappa shape index (κ2) is 6.45. The molecule has 0 spiro atoms. The first-order valence-corrected chi connectivity index (χ1v) is 7.83. The molecule has 2 aromatic carbocycles. The number of aromatic nitrogens is 2. The van der Waals surface area contributed by atoms with Gasteiger partial charge in [-0.15, -0.1) is 0 Å². The van der Waals surface area contributed by atoms with Gasteiger partial charge >= 0.3 is 5.97 Å². The summed E-state index contributed by atoms with van der Waals surface area (Å²) < 4.78 is 5.57. The number of carboxylic acid groups (broad SMARTS) is 1. The lowest BCUT2D eigenvalue weighted by atomic mass is 10.00. The van der Waals surface area contributed by atoms with E-state index >= 15 is 0 Å². The lowest BCUT2D eigenvalue weighted by Crippen LogP contribution is -2.34. The number of ether oxygens (including phenoxy) is 1. The molecule has 5 nitrogen and oxygen atoms in total. The fourth-order valence-electron chi connectivity index (χ4n) is 2.60. The number of hydrogen-bond acceptors (Lipinski definition) is 3. The molecule has 3 rings (SSSR count). The highest BCUT2D eigenvalue weighted by Crippen LogP contribution is 2.25. The number of fused-ring (bicyclic) bond motifs is 1. The van der Waals surface area contributed by atoms with E-state index in [1.807, 2.05) is 30.3 Å². The van der Waals surface area contributed by atoms with Crippen LogP contribution in [0.2, 0.25) is 0 Å². The highest BCUT2D eigenvalue weighted by Gasteiger charge is 2.28. The van der Waals surface area contributed by atoms with Gasteiger partial charge in [-0.3, -0.25) is 5.10 Å². The molecule has 3 aromatic rings. The Kier molecular flexibility index (Phi) is 4.36. The van der Waals surface area contributed by atoms with Crippen molar-refractivity contribution in [3.8, 4) is 0 Å². The number of rotatable bonds is 6. The Morgan fingerprint density at radius 2 is 1.92 bits per heavy atom. The summed E-state index contributed by atoms with van der Waals surface area (Å²) in [5, 5.41) is 17.5. The van der Waals surface area contributed by atoms with Crippen molar-refractivity contribution in [3.05, 3.63) is 65.4 Å². The normalized spacial score (nSPS) is 11.8. The molecule has 0 aliphatic carbocycles. The van der Waals surface area contributed by atoms with Crippen molar-refractivity contribution in [2.45, 2.75) is 32.5 Å². The SMILES string of the molecule is CC(C)(OCc1n[nH]c2cccc(Cc3ccccc3)c12)C(=O)O. The predicted octanol–water partition coefficient (Wildman–Crippen LogP) is 3.53. The Hall–Kier alpha value is -2.66. The van der Waals surface area contributed by atoms with E-state index in [1.54, 1.807) is 0 Å². The van der Waals surface area contributed by atoms with Crippen LogP contribution in [0.25, 0.3) is 10.9 Å². The van der Waals surface area contributed by atoms with E-state index in [1.165, 1.54) is 19.4 Å². The summed E-state index contributed by atoms with van der Waals surface area (Å²) in [5.74, 6) is -0.994. The van der Waals surface area contributed by atoms with E-state index in [9.17, 15) is 9.90 Å². The van der Waals surface area contributed by atoms with Crippen LogP contribution in [0.15, 0.2) is 48.5 Å². The van der Waals surface area contributed by atoms with Crippen molar-refractivity contribution in [2.75, 3.05) is 0 Å². The summed E-state index contributed by atoms with van der Waals surface area (Å²) in [5.41, 5.74) is 2.75. The number of carbonyl (C=O) groups is 1. The zero-order valence-corrected chi connectivity index (χ0v) is 13.7. The molecule has 2 N–H and O–H groups in total. The third-order valence-electron chi connectivity index (χ3n) is 4.07. The van der Waals surface area contributed by atoms with E-state index in [0.29, 0.717) is 0 Å². The fraction of sp³-hybridized carbons (Fsp3) is 0.263. The first-order chi connectivity index (χ1) is 11.5. The standard InChI is InChI=1S/C19H20N2O3/c1-19(2,18(22)23)24-12-16-17-14(9-6-10-15(17)20-21-16)11-13-7-4-3-5-8-13/h3-10H,11-12H2,1-2H3,(H,20,21)(H,22,23). The average molecular weight is 324 g/mol. The van der Waals surface area contributed by atoms with E-state index in [0.717, 1.165) is 28.6 Å². The maximum Gasteiger partial charge on any atom is 0.335 e. The first-order valence-electron chi connectivity index (χ1n) is 7.83. The maximum atomic E-state index is 11.2. The molecule has 0 unspecified atom stereocenters. The van der Waals surface area contributed by atoms with Gasteiger partial charge in [-0.1, -0.05) is 42.5 Å². The van der Waals surface area contributed by atoms with Crippen molar-refractivity contribution in [3.63, 3.8) is 0 Å². The highest BCUT2D eigenvalue weighted by atomic mass is 16.5. The molecule has 0 atom stereocenters. The molecule has 0 aliphatic heterocycles.